The highest BCUT2D eigenvalue weighted by molar-refractivity contribution is 7.99. The van der Waals surface area contributed by atoms with Crippen LogP contribution in [0, 0.1) is 6.92 Å². The molecule has 2 aliphatic rings. The molecule has 1 aliphatic carbocycles. The molecule has 0 spiro atoms. The molecule has 1 amide bonds. The summed E-state index contributed by atoms with van der Waals surface area (Å²) in [6.07, 6.45) is 10.6. The summed E-state index contributed by atoms with van der Waals surface area (Å²) in [4.78, 5) is 14.7. The molecule has 1 aromatic heterocycles. The van der Waals surface area contributed by atoms with Gasteiger partial charge < -0.3 is 10.2 Å². The van der Waals surface area contributed by atoms with Crippen LogP contribution in [0.1, 0.15) is 50.5 Å². The van der Waals surface area contributed by atoms with Crippen molar-refractivity contribution >= 4 is 23.6 Å². The zero-order chi connectivity index (χ0) is 20.8. The molecule has 0 bridgehead atoms. The Kier molecular flexibility index (Phi) is 7.10. The number of amides is 1. The van der Waals surface area contributed by atoms with Gasteiger partial charge in [0.1, 0.15) is 0 Å². The van der Waals surface area contributed by atoms with Crippen molar-refractivity contribution in [3.8, 4) is 5.69 Å². The molecule has 1 N–H and O–H groups in total. The van der Waals surface area contributed by atoms with Crippen molar-refractivity contribution in [2.45, 2.75) is 57.0 Å². The standard InChI is InChI=1S/C23H31N5OS/c1-18-9-11-20(12-10-18)28-22(27-15-5-6-16-27)25-26-23(28)30-17-21(29)24-14-13-19-7-3-2-4-8-19/h7,9-12H,2-6,8,13-17H2,1H3,(H,24,29). The Hall–Kier alpha value is -2.28. The Morgan fingerprint density at radius 1 is 1.10 bits per heavy atom. The summed E-state index contributed by atoms with van der Waals surface area (Å²) in [5.74, 6) is 1.28. The second kappa shape index (κ2) is 10.2. The molecule has 1 aliphatic heterocycles. The maximum absolute atomic E-state index is 12.4. The molecular weight excluding hydrogens is 394 g/mol. The van der Waals surface area contributed by atoms with E-state index in [2.05, 4.69) is 62.2 Å². The Bertz CT molecular complexity index is 883. The van der Waals surface area contributed by atoms with Crippen molar-refractivity contribution in [2.75, 3.05) is 30.3 Å². The smallest absolute Gasteiger partial charge is 0.232 e. The molecule has 6 nitrogen and oxygen atoms in total. The summed E-state index contributed by atoms with van der Waals surface area (Å²) < 4.78 is 2.09. The number of anilines is 1. The first kappa shape index (κ1) is 21.0. The maximum atomic E-state index is 12.4. The first-order chi connectivity index (χ1) is 14.7. The van der Waals surface area contributed by atoms with E-state index in [1.807, 2.05) is 0 Å². The molecule has 30 heavy (non-hydrogen) atoms. The van der Waals surface area contributed by atoms with Crippen LogP contribution in [0.2, 0.25) is 0 Å². The second-order valence-electron chi connectivity index (χ2n) is 8.14. The molecule has 0 radical (unpaired) electrons. The summed E-state index contributed by atoms with van der Waals surface area (Å²) in [7, 11) is 0. The third-order valence-electron chi connectivity index (χ3n) is 5.78. The first-order valence-electron chi connectivity index (χ1n) is 11.1. The van der Waals surface area contributed by atoms with E-state index in [1.54, 1.807) is 0 Å². The fourth-order valence-corrected chi connectivity index (χ4v) is 4.85. The number of carbonyl (C=O) groups excluding carboxylic acids is 1. The second-order valence-corrected chi connectivity index (χ2v) is 9.09. The molecule has 2 aromatic rings. The van der Waals surface area contributed by atoms with Crippen LogP contribution in [-0.2, 0) is 4.79 Å². The number of hydrogen-bond acceptors (Lipinski definition) is 5. The fourth-order valence-electron chi connectivity index (χ4n) is 4.07. The lowest BCUT2D eigenvalue weighted by Gasteiger charge is -2.18. The van der Waals surface area contributed by atoms with Crippen molar-refractivity contribution < 1.29 is 4.79 Å². The van der Waals surface area contributed by atoms with Crippen LogP contribution in [-0.4, -0.2) is 46.1 Å². The normalized spacial score (nSPS) is 16.6. The minimum atomic E-state index is 0.0533. The van der Waals surface area contributed by atoms with E-state index >= 15 is 0 Å². The monoisotopic (exact) mass is 425 g/mol. The predicted molar refractivity (Wildman–Crippen MR) is 122 cm³/mol. The fraction of sp³-hybridized carbons (Fsp3) is 0.522. The van der Waals surface area contributed by atoms with Gasteiger partial charge >= 0.3 is 0 Å². The van der Waals surface area contributed by atoms with Crippen LogP contribution in [0.3, 0.4) is 0 Å². The summed E-state index contributed by atoms with van der Waals surface area (Å²) in [5, 5.41) is 12.7. The van der Waals surface area contributed by atoms with Crippen LogP contribution >= 0.6 is 11.8 Å². The van der Waals surface area contributed by atoms with Crippen molar-refractivity contribution in [3.63, 3.8) is 0 Å². The van der Waals surface area contributed by atoms with Gasteiger partial charge in [0.05, 0.1) is 11.4 Å². The van der Waals surface area contributed by atoms with E-state index in [9.17, 15) is 4.79 Å². The number of aryl methyl sites for hydroxylation is 1. The Morgan fingerprint density at radius 2 is 1.90 bits per heavy atom. The molecular formula is C23H31N5OS. The largest absolute Gasteiger partial charge is 0.355 e. The lowest BCUT2D eigenvalue weighted by atomic mass is 9.97. The molecule has 4 rings (SSSR count). The van der Waals surface area contributed by atoms with Gasteiger partial charge in [-0.3, -0.25) is 9.36 Å². The number of carbonyl (C=O) groups is 1. The van der Waals surface area contributed by atoms with Gasteiger partial charge in [0.15, 0.2) is 5.16 Å². The van der Waals surface area contributed by atoms with E-state index in [1.165, 1.54) is 61.4 Å². The number of allylic oxidation sites excluding steroid dienone is 1. The van der Waals surface area contributed by atoms with E-state index in [0.29, 0.717) is 5.75 Å². The SMILES string of the molecule is Cc1ccc(-n2c(SCC(=O)NCCC3=CCCCC3)nnc2N2CCCC2)cc1. The van der Waals surface area contributed by atoms with Crippen molar-refractivity contribution in [1.29, 1.82) is 0 Å². The summed E-state index contributed by atoms with van der Waals surface area (Å²) in [6.45, 7) is 4.81. The topological polar surface area (TPSA) is 63.1 Å². The number of hydrogen-bond donors (Lipinski definition) is 1. The van der Waals surface area contributed by atoms with Crippen LogP contribution < -0.4 is 10.2 Å². The quantitative estimate of drug-likeness (QED) is 0.505. The minimum absolute atomic E-state index is 0.0533. The molecule has 0 saturated carbocycles. The number of aromatic nitrogens is 3. The Labute approximate surface area is 183 Å². The molecule has 160 valence electrons. The van der Waals surface area contributed by atoms with Gasteiger partial charge in [0.2, 0.25) is 11.9 Å². The van der Waals surface area contributed by atoms with E-state index < -0.39 is 0 Å². The highest BCUT2D eigenvalue weighted by Gasteiger charge is 2.22. The third-order valence-corrected chi connectivity index (χ3v) is 6.71. The first-order valence-corrected chi connectivity index (χ1v) is 12.0. The van der Waals surface area contributed by atoms with Crippen LogP contribution in [0.5, 0.6) is 0 Å². The molecule has 0 unspecified atom stereocenters. The zero-order valence-electron chi connectivity index (χ0n) is 17.8. The zero-order valence-corrected chi connectivity index (χ0v) is 18.6. The molecule has 0 atom stereocenters. The van der Waals surface area contributed by atoms with Crippen LogP contribution in [0.25, 0.3) is 5.69 Å². The molecule has 1 saturated heterocycles. The van der Waals surface area contributed by atoms with E-state index in [4.69, 9.17) is 0 Å². The molecule has 7 heteroatoms. The minimum Gasteiger partial charge on any atom is -0.355 e. The lowest BCUT2D eigenvalue weighted by Crippen LogP contribution is -2.26. The van der Waals surface area contributed by atoms with Gasteiger partial charge in [0.25, 0.3) is 0 Å². The van der Waals surface area contributed by atoms with Crippen molar-refractivity contribution in [3.05, 3.63) is 41.5 Å². The van der Waals surface area contributed by atoms with Crippen LogP contribution in [0.15, 0.2) is 41.1 Å². The number of rotatable bonds is 8. The highest BCUT2D eigenvalue weighted by atomic mass is 32.2. The van der Waals surface area contributed by atoms with Gasteiger partial charge in [-0.25, -0.2) is 0 Å². The third kappa shape index (κ3) is 5.25. The summed E-state index contributed by atoms with van der Waals surface area (Å²) in [5.41, 5.74) is 3.75. The summed E-state index contributed by atoms with van der Waals surface area (Å²) in [6, 6.07) is 8.40. The molecule has 1 fully saturated rings. The van der Waals surface area contributed by atoms with E-state index in [-0.39, 0.29) is 5.91 Å². The number of thioether (sulfide) groups is 1. The van der Waals surface area contributed by atoms with Crippen molar-refractivity contribution in [2.24, 2.45) is 0 Å². The average Bonchev–Trinajstić information content (AvgIpc) is 3.43. The van der Waals surface area contributed by atoms with Gasteiger partial charge in [-0.05, 0) is 64.0 Å². The number of nitrogens with one attached hydrogen (secondary N) is 1. The Morgan fingerprint density at radius 3 is 2.63 bits per heavy atom. The lowest BCUT2D eigenvalue weighted by molar-refractivity contribution is -0.118. The average molecular weight is 426 g/mol. The highest BCUT2D eigenvalue weighted by Crippen LogP contribution is 2.28. The van der Waals surface area contributed by atoms with E-state index in [0.717, 1.165) is 42.8 Å². The number of nitrogens with zero attached hydrogens (tertiary/aromatic N) is 4. The summed E-state index contributed by atoms with van der Waals surface area (Å²) >= 11 is 1.46. The van der Waals surface area contributed by atoms with Gasteiger partial charge in [-0.2, -0.15) is 0 Å². The van der Waals surface area contributed by atoms with Gasteiger partial charge in [0, 0.05) is 19.6 Å². The molecule has 2 heterocycles. The van der Waals surface area contributed by atoms with Crippen LogP contribution in [0.4, 0.5) is 5.95 Å². The Balaban J connectivity index is 1.40. The maximum Gasteiger partial charge on any atom is 0.232 e. The number of benzene rings is 1. The predicted octanol–water partition coefficient (Wildman–Crippen LogP) is 4.27. The van der Waals surface area contributed by atoms with Gasteiger partial charge in [-0.15, -0.1) is 10.2 Å². The van der Waals surface area contributed by atoms with Gasteiger partial charge in [-0.1, -0.05) is 41.1 Å². The molecule has 1 aromatic carbocycles. The van der Waals surface area contributed by atoms with Crippen molar-refractivity contribution in [1.82, 2.24) is 20.1 Å².